The standard InChI is InChI=1S/C17H19N3O/c1-16(6-3-7-17(9-16)11-21-17)10-20-12-19-14-5-4-13(18-2)8-15(14)20/h4-5,8,12H,3,6-7,9-11H2,1H3/t16-,17+/m0/s1. The van der Waals surface area contributed by atoms with Gasteiger partial charge in [-0.1, -0.05) is 13.0 Å². The highest BCUT2D eigenvalue weighted by molar-refractivity contribution is 5.79. The first-order chi connectivity index (χ1) is 10.1. The summed E-state index contributed by atoms with van der Waals surface area (Å²) >= 11 is 0. The number of ether oxygens (including phenoxy) is 1. The maximum Gasteiger partial charge on any atom is 0.189 e. The largest absolute Gasteiger partial charge is 0.370 e. The van der Waals surface area contributed by atoms with Gasteiger partial charge in [0, 0.05) is 6.54 Å². The highest BCUT2D eigenvalue weighted by Crippen LogP contribution is 2.50. The molecule has 1 spiro atoms. The van der Waals surface area contributed by atoms with Crippen molar-refractivity contribution >= 4 is 16.7 Å². The van der Waals surface area contributed by atoms with Gasteiger partial charge in [-0.25, -0.2) is 9.83 Å². The van der Waals surface area contributed by atoms with Crippen LogP contribution in [0.5, 0.6) is 0 Å². The lowest BCUT2D eigenvalue weighted by atomic mass is 9.70. The summed E-state index contributed by atoms with van der Waals surface area (Å²) in [6, 6.07) is 5.72. The van der Waals surface area contributed by atoms with Gasteiger partial charge in [0.2, 0.25) is 0 Å². The number of aromatic nitrogens is 2. The Morgan fingerprint density at radius 2 is 2.29 bits per heavy atom. The smallest absolute Gasteiger partial charge is 0.189 e. The quantitative estimate of drug-likeness (QED) is 0.617. The first kappa shape index (κ1) is 12.8. The van der Waals surface area contributed by atoms with Crippen LogP contribution in [0.1, 0.15) is 32.6 Å². The molecule has 21 heavy (non-hydrogen) atoms. The minimum atomic E-state index is 0.186. The van der Waals surface area contributed by atoms with E-state index in [2.05, 4.69) is 21.3 Å². The van der Waals surface area contributed by atoms with Crippen molar-refractivity contribution in [2.45, 2.75) is 44.8 Å². The summed E-state index contributed by atoms with van der Waals surface area (Å²) in [5.41, 5.74) is 3.17. The van der Waals surface area contributed by atoms with Gasteiger partial charge in [0.05, 0.1) is 36.1 Å². The molecule has 4 rings (SSSR count). The Hall–Kier alpha value is -1.86. The molecule has 2 atom stereocenters. The predicted molar refractivity (Wildman–Crippen MR) is 81.3 cm³/mol. The van der Waals surface area contributed by atoms with Gasteiger partial charge in [0.25, 0.3) is 0 Å². The van der Waals surface area contributed by atoms with Crippen LogP contribution in [0.4, 0.5) is 5.69 Å². The van der Waals surface area contributed by atoms with Crippen molar-refractivity contribution in [2.24, 2.45) is 5.41 Å². The topological polar surface area (TPSA) is 34.7 Å². The van der Waals surface area contributed by atoms with Crippen molar-refractivity contribution in [3.63, 3.8) is 0 Å². The molecule has 1 saturated heterocycles. The zero-order valence-corrected chi connectivity index (χ0v) is 12.3. The van der Waals surface area contributed by atoms with Gasteiger partial charge in [-0.15, -0.1) is 0 Å². The summed E-state index contributed by atoms with van der Waals surface area (Å²) in [6.45, 7) is 11.4. The lowest BCUT2D eigenvalue weighted by molar-refractivity contribution is 0.103. The number of rotatable bonds is 2. The lowest BCUT2D eigenvalue weighted by Crippen LogP contribution is -2.34. The molecular formula is C17H19N3O. The van der Waals surface area contributed by atoms with E-state index in [1.807, 2.05) is 24.5 Å². The molecule has 0 radical (unpaired) electrons. The van der Waals surface area contributed by atoms with E-state index < -0.39 is 0 Å². The minimum Gasteiger partial charge on any atom is -0.370 e. The Morgan fingerprint density at radius 3 is 3.05 bits per heavy atom. The molecule has 1 aliphatic carbocycles. The van der Waals surface area contributed by atoms with Crippen LogP contribution in [0.25, 0.3) is 15.9 Å². The first-order valence-electron chi connectivity index (χ1n) is 7.58. The maximum atomic E-state index is 7.17. The van der Waals surface area contributed by atoms with Gasteiger partial charge in [-0.2, -0.15) is 0 Å². The monoisotopic (exact) mass is 281 g/mol. The van der Waals surface area contributed by atoms with Crippen molar-refractivity contribution in [2.75, 3.05) is 6.61 Å². The zero-order chi connectivity index (χ0) is 14.5. The van der Waals surface area contributed by atoms with E-state index in [4.69, 9.17) is 11.3 Å². The highest BCUT2D eigenvalue weighted by Gasteiger charge is 2.51. The Bertz CT molecular complexity index is 738. The molecule has 0 unspecified atom stereocenters. The Labute approximate surface area is 124 Å². The second kappa shape index (κ2) is 4.32. The van der Waals surface area contributed by atoms with E-state index in [1.54, 1.807) is 0 Å². The molecule has 108 valence electrons. The molecule has 0 N–H and O–H groups in total. The molecule has 1 saturated carbocycles. The van der Waals surface area contributed by atoms with Gasteiger partial charge >= 0.3 is 0 Å². The number of hydrogen-bond donors (Lipinski definition) is 0. The summed E-state index contributed by atoms with van der Waals surface area (Å²) < 4.78 is 7.92. The predicted octanol–water partition coefficient (Wildman–Crippen LogP) is 3.94. The van der Waals surface area contributed by atoms with Crippen LogP contribution in [-0.4, -0.2) is 21.8 Å². The Kier molecular flexibility index (Phi) is 2.64. The van der Waals surface area contributed by atoms with Crippen molar-refractivity contribution in [1.82, 2.24) is 9.55 Å². The van der Waals surface area contributed by atoms with Crippen LogP contribution in [-0.2, 0) is 11.3 Å². The zero-order valence-electron chi connectivity index (χ0n) is 12.3. The van der Waals surface area contributed by atoms with E-state index in [9.17, 15) is 0 Å². The average Bonchev–Trinajstić information content (AvgIpc) is 3.09. The molecule has 4 nitrogen and oxygen atoms in total. The number of imidazole rings is 1. The first-order valence-corrected chi connectivity index (χ1v) is 7.58. The SMILES string of the molecule is [C-]#[N+]c1ccc2ncn(C[C@@]3(C)CCC[C@]4(CO4)C3)c2c1. The van der Waals surface area contributed by atoms with E-state index in [1.165, 1.54) is 19.3 Å². The molecular weight excluding hydrogens is 262 g/mol. The normalized spacial score (nSPS) is 31.4. The van der Waals surface area contributed by atoms with E-state index in [0.717, 1.165) is 30.6 Å². The third-order valence-electron chi connectivity index (χ3n) is 5.00. The minimum absolute atomic E-state index is 0.186. The van der Waals surface area contributed by atoms with Gasteiger partial charge < -0.3 is 9.30 Å². The molecule has 1 aromatic heterocycles. The van der Waals surface area contributed by atoms with Crippen LogP contribution in [0, 0.1) is 12.0 Å². The van der Waals surface area contributed by atoms with E-state index >= 15 is 0 Å². The third kappa shape index (κ3) is 2.22. The molecule has 1 aliphatic heterocycles. The van der Waals surface area contributed by atoms with Gasteiger partial charge in [-0.05, 0) is 43.2 Å². The third-order valence-corrected chi connectivity index (χ3v) is 5.00. The fourth-order valence-electron chi connectivity index (χ4n) is 3.93. The Balaban J connectivity index is 1.66. The summed E-state index contributed by atoms with van der Waals surface area (Å²) in [4.78, 5) is 8.00. The summed E-state index contributed by atoms with van der Waals surface area (Å²) in [6.07, 6.45) is 6.76. The molecule has 0 bridgehead atoms. The van der Waals surface area contributed by atoms with Crippen molar-refractivity contribution in [3.05, 3.63) is 35.9 Å². The number of epoxide rings is 1. The average molecular weight is 281 g/mol. The van der Waals surface area contributed by atoms with Crippen LogP contribution < -0.4 is 0 Å². The molecule has 4 heteroatoms. The number of nitrogens with zero attached hydrogens (tertiary/aromatic N) is 3. The molecule has 2 aromatic rings. The van der Waals surface area contributed by atoms with Crippen molar-refractivity contribution in [3.8, 4) is 0 Å². The van der Waals surface area contributed by atoms with E-state index in [-0.39, 0.29) is 11.0 Å². The fourth-order valence-corrected chi connectivity index (χ4v) is 3.93. The molecule has 1 aromatic carbocycles. The van der Waals surface area contributed by atoms with Crippen LogP contribution in [0.3, 0.4) is 0 Å². The molecule has 2 aliphatic rings. The second-order valence-electron chi connectivity index (χ2n) is 6.97. The van der Waals surface area contributed by atoms with Gasteiger partial charge in [0.15, 0.2) is 5.69 Å². The van der Waals surface area contributed by atoms with Crippen molar-refractivity contribution in [1.29, 1.82) is 0 Å². The number of hydrogen-bond acceptors (Lipinski definition) is 2. The van der Waals surface area contributed by atoms with Crippen LogP contribution >= 0.6 is 0 Å². The number of fused-ring (bicyclic) bond motifs is 1. The molecule has 2 heterocycles. The second-order valence-corrected chi connectivity index (χ2v) is 6.97. The van der Waals surface area contributed by atoms with E-state index in [0.29, 0.717) is 5.69 Å². The highest BCUT2D eigenvalue weighted by atomic mass is 16.6. The van der Waals surface area contributed by atoms with Crippen LogP contribution in [0.15, 0.2) is 24.5 Å². The number of benzene rings is 1. The fraction of sp³-hybridized carbons (Fsp3) is 0.529. The summed E-state index contributed by atoms with van der Waals surface area (Å²) in [7, 11) is 0. The lowest BCUT2D eigenvalue weighted by Gasteiger charge is -2.37. The Morgan fingerprint density at radius 1 is 1.43 bits per heavy atom. The van der Waals surface area contributed by atoms with Crippen molar-refractivity contribution < 1.29 is 4.74 Å². The van der Waals surface area contributed by atoms with Gasteiger partial charge in [0.1, 0.15) is 0 Å². The molecule has 2 fully saturated rings. The summed E-state index contributed by atoms with van der Waals surface area (Å²) in [5.74, 6) is 0. The van der Waals surface area contributed by atoms with Crippen LogP contribution in [0.2, 0.25) is 0 Å². The molecule has 0 amide bonds. The maximum absolute atomic E-state index is 7.17. The summed E-state index contributed by atoms with van der Waals surface area (Å²) in [5, 5.41) is 0. The van der Waals surface area contributed by atoms with Gasteiger partial charge in [-0.3, -0.25) is 0 Å².